The van der Waals surface area contributed by atoms with Gasteiger partial charge in [0.15, 0.2) is 11.5 Å². The second kappa shape index (κ2) is 8.94. The Morgan fingerprint density at radius 3 is 2.00 bits per heavy atom. The molecule has 1 fully saturated rings. The van der Waals surface area contributed by atoms with Gasteiger partial charge < -0.3 is 29.3 Å². The molecule has 2 aromatic carbocycles. The molecular formula is C22H29N3O4. The average molecular weight is 399 g/mol. The minimum Gasteiger partial charge on any atom is -0.493 e. The highest BCUT2D eigenvalue weighted by Crippen LogP contribution is 2.41. The van der Waals surface area contributed by atoms with E-state index in [0.717, 1.165) is 30.0 Å². The number of amides is 2. The van der Waals surface area contributed by atoms with Crippen molar-refractivity contribution in [3.05, 3.63) is 41.5 Å². The summed E-state index contributed by atoms with van der Waals surface area (Å²) in [6, 6.07) is 9.76. The fourth-order valence-electron chi connectivity index (χ4n) is 3.44. The lowest BCUT2D eigenvalue weighted by Gasteiger charge is -2.36. The van der Waals surface area contributed by atoms with Crippen molar-refractivity contribution in [3.8, 4) is 17.2 Å². The number of nitrogens with one attached hydrogen (secondary N) is 1. The molecule has 0 aliphatic carbocycles. The molecule has 0 aromatic heterocycles. The van der Waals surface area contributed by atoms with Crippen molar-refractivity contribution in [3.63, 3.8) is 0 Å². The summed E-state index contributed by atoms with van der Waals surface area (Å²) >= 11 is 0. The van der Waals surface area contributed by atoms with Crippen molar-refractivity contribution in [2.75, 3.05) is 57.7 Å². The van der Waals surface area contributed by atoms with Crippen LogP contribution in [0.3, 0.4) is 0 Å². The fourth-order valence-corrected chi connectivity index (χ4v) is 3.44. The second-order valence-corrected chi connectivity index (χ2v) is 7.09. The number of carbonyl (C=O) groups is 1. The number of piperazine rings is 1. The van der Waals surface area contributed by atoms with E-state index in [2.05, 4.69) is 17.1 Å². The van der Waals surface area contributed by atoms with Gasteiger partial charge in [-0.15, -0.1) is 0 Å². The molecule has 156 valence electrons. The quantitative estimate of drug-likeness (QED) is 0.831. The van der Waals surface area contributed by atoms with E-state index < -0.39 is 0 Å². The number of ether oxygens (including phenoxy) is 3. The molecule has 0 saturated carbocycles. The number of hydrogen-bond donors (Lipinski definition) is 1. The normalized spacial score (nSPS) is 13.8. The third kappa shape index (κ3) is 4.50. The molecule has 1 aliphatic heterocycles. The zero-order valence-corrected chi connectivity index (χ0v) is 17.7. The van der Waals surface area contributed by atoms with Crippen molar-refractivity contribution >= 4 is 17.4 Å². The lowest BCUT2D eigenvalue weighted by molar-refractivity contribution is 0.208. The van der Waals surface area contributed by atoms with Crippen LogP contribution in [0.15, 0.2) is 30.3 Å². The second-order valence-electron chi connectivity index (χ2n) is 7.09. The predicted molar refractivity (Wildman–Crippen MR) is 115 cm³/mol. The van der Waals surface area contributed by atoms with Crippen LogP contribution in [0, 0.1) is 13.8 Å². The van der Waals surface area contributed by atoms with Gasteiger partial charge in [-0.3, -0.25) is 0 Å². The molecule has 3 rings (SSSR count). The van der Waals surface area contributed by atoms with Crippen molar-refractivity contribution in [1.82, 2.24) is 4.90 Å². The monoisotopic (exact) mass is 399 g/mol. The summed E-state index contributed by atoms with van der Waals surface area (Å²) in [6.45, 7) is 6.81. The number of methoxy groups -OCH3 is 3. The van der Waals surface area contributed by atoms with E-state index in [1.807, 2.05) is 42.2 Å². The minimum absolute atomic E-state index is 0.0715. The van der Waals surface area contributed by atoms with Gasteiger partial charge in [-0.25, -0.2) is 4.79 Å². The highest BCUT2D eigenvalue weighted by Gasteiger charge is 2.23. The molecule has 29 heavy (non-hydrogen) atoms. The molecule has 7 heteroatoms. The van der Waals surface area contributed by atoms with Gasteiger partial charge in [0, 0.05) is 49.7 Å². The van der Waals surface area contributed by atoms with Gasteiger partial charge in [0.2, 0.25) is 5.75 Å². The molecule has 1 aliphatic rings. The number of urea groups is 1. The van der Waals surface area contributed by atoms with Gasteiger partial charge in [0.1, 0.15) is 0 Å². The van der Waals surface area contributed by atoms with Crippen LogP contribution in [-0.2, 0) is 0 Å². The summed E-state index contributed by atoms with van der Waals surface area (Å²) in [4.78, 5) is 16.7. The van der Waals surface area contributed by atoms with Gasteiger partial charge >= 0.3 is 6.03 Å². The molecule has 2 amide bonds. The average Bonchev–Trinajstić information content (AvgIpc) is 2.75. The number of rotatable bonds is 5. The van der Waals surface area contributed by atoms with Crippen LogP contribution in [0.25, 0.3) is 0 Å². The first-order valence-corrected chi connectivity index (χ1v) is 9.65. The Balaban J connectivity index is 1.65. The molecule has 0 unspecified atom stereocenters. The first-order chi connectivity index (χ1) is 14.0. The van der Waals surface area contributed by atoms with E-state index in [1.54, 1.807) is 21.3 Å². The Kier molecular flexibility index (Phi) is 6.36. The largest absolute Gasteiger partial charge is 0.493 e. The van der Waals surface area contributed by atoms with Crippen molar-refractivity contribution in [2.24, 2.45) is 0 Å². The standard InChI is InChI=1S/C22H29N3O4/c1-15-6-7-17(12-16(15)2)23-22(26)25-10-8-24(9-11-25)18-13-19(27-3)21(29-5)20(14-18)28-4/h6-7,12-14H,8-11H2,1-5H3,(H,23,26). The molecule has 7 nitrogen and oxygen atoms in total. The number of hydrogen-bond acceptors (Lipinski definition) is 5. The summed E-state index contributed by atoms with van der Waals surface area (Å²) in [7, 11) is 4.80. The zero-order valence-electron chi connectivity index (χ0n) is 17.7. The first kappa shape index (κ1) is 20.6. The van der Waals surface area contributed by atoms with Crippen LogP contribution in [0.4, 0.5) is 16.2 Å². The van der Waals surface area contributed by atoms with Crippen LogP contribution < -0.4 is 24.4 Å². The highest BCUT2D eigenvalue weighted by molar-refractivity contribution is 5.89. The Morgan fingerprint density at radius 1 is 0.862 bits per heavy atom. The molecular weight excluding hydrogens is 370 g/mol. The Bertz CT molecular complexity index is 851. The lowest BCUT2D eigenvalue weighted by Crippen LogP contribution is -2.50. The molecule has 0 atom stereocenters. The Labute approximate surface area is 172 Å². The molecule has 1 saturated heterocycles. The van der Waals surface area contributed by atoms with E-state index in [4.69, 9.17) is 14.2 Å². The fraction of sp³-hybridized carbons (Fsp3) is 0.409. The van der Waals surface area contributed by atoms with Gasteiger partial charge in [-0.05, 0) is 37.1 Å². The van der Waals surface area contributed by atoms with Crippen LogP contribution in [-0.4, -0.2) is 58.4 Å². The maximum atomic E-state index is 12.6. The molecule has 2 aromatic rings. The Hall–Kier alpha value is -3.09. The molecule has 0 radical (unpaired) electrons. The van der Waals surface area contributed by atoms with Gasteiger partial charge in [0.05, 0.1) is 21.3 Å². The Morgan fingerprint density at radius 2 is 1.48 bits per heavy atom. The third-order valence-electron chi connectivity index (χ3n) is 5.34. The number of nitrogens with zero attached hydrogens (tertiary/aromatic N) is 2. The predicted octanol–water partition coefficient (Wildman–Crippen LogP) is 3.68. The van der Waals surface area contributed by atoms with E-state index in [0.29, 0.717) is 30.3 Å². The molecule has 0 bridgehead atoms. The number of benzene rings is 2. The van der Waals surface area contributed by atoms with Crippen LogP contribution in [0.1, 0.15) is 11.1 Å². The van der Waals surface area contributed by atoms with Crippen molar-refractivity contribution < 1.29 is 19.0 Å². The van der Waals surface area contributed by atoms with Crippen LogP contribution in [0.5, 0.6) is 17.2 Å². The van der Waals surface area contributed by atoms with Crippen LogP contribution >= 0.6 is 0 Å². The summed E-state index contributed by atoms with van der Waals surface area (Å²) in [5.41, 5.74) is 4.18. The van der Waals surface area contributed by atoms with E-state index >= 15 is 0 Å². The van der Waals surface area contributed by atoms with E-state index in [9.17, 15) is 4.79 Å². The minimum atomic E-state index is -0.0715. The molecule has 1 heterocycles. The summed E-state index contributed by atoms with van der Waals surface area (Å²) < 4.78 is 16.3. The summed E-state index contributed by atoms with van der Waals surface area (Å²) in [5, 5.41) is 3.00. The van der Waals surface area contributed by atoms with Crippen LogP contribution in [0.2, 0.25) is 0 Å². The zero-order chi connectivity index (χ0) is 21.0. The number of aryl methyl sites for hydroxylation is 2. The number of carbonyl (C=O) groups excluding carboxylic acids is 1. The maximum absolute atomic E-state index is 12.6. The topological polar surface area (TPSA) is 63.3 Å². The van der Waals surface area contributed by atoms with Gasteiger partial charge in [-0.2, -0.15) is 0 Å². The SMILES string of the molecule is COc1cc(N2CCN(C(=O)Nc3ccc(C)c(C)c3)CC2)cc(OC)c1OC. The van der Waals surface area contributed by atoms with Gasteiger partial charge in [0.25, 0.3) is 0 Å². The number of anilines is 2. The van der Waals surface area contributed by atoms with E-state index in [1.165, 1.54) is 5.56 Å². The van der Waals surface area contributed by atoms with Crippen molar-refractivity contribution in [1.29, 1.82) is 0 Å². The smallest absolute Gasteiger partial charge is 0.321 e. The van der Waals surface area contributed by atoms with E-state index in [-0.39, 0.29) is 6.03 Å². The first-order valence-electron chi connectivity index (χ1n) is 9.65. The molecule has 1 N–H and O–H groups in total. The lowest BCUT2D eigenvalue weighted by atomic mass is 10.1. The summed E-state index contributed by atoms with van der Waals surface area (Å²) in [5.74, 6) is 1.82. The molecule has 0 spiro atoms. The maximum Gasteiger partial charge on any atom is 0.321 e. The van der Waals surface area contributed by atoms with Crippen molar-refractivity contribution in [2.45, 2.75) is 13.8 Å². The third-order valence-corrected chi connectivity index (χ3v) is 5.34. The van der Waals surface area contributed by atoms with Gasteiger partial charge in [-0.1, -0.05) is 6.07 Å². The summed E-state index contributed by atoms with van der Waals surface area (Å²) in [6.07, 6.45) is 0. The highest BCUT2D eigenvalue weighted by atomic mass is 16.5.